The molecule has 35 heavy (non-hydrogen) atoms. The number of rotatable bonds is 12. The fourth-order valence-corrected chi connectivity index (χ4v) is 3.64. The van der Waals surface area contributed by atoms with Crippen molar-refractivity contribution in [1.82, 2.24) is 0 Å². The quantitative estimate of drug-likeness (QED) is 0.258. The molecule has 2 aromatic carbocycles. The van der Waals surface area contributed by atoms with Crippen LogP contribution in [0.25, 0.3) is 0 Å². The highest BCUT2D eigenvalue weighted by Gasteiger charge is 2.51. The predicted molar refractivity (Wildman–Crippen MR) is 128 cm³/mol. The molecule has 8 heteroatoms. The number of methoxy groups -OCH3 is 1. The second kappa shape index (κ2) is 13.6. The van der Waals surface area contributed by atoms with Crippen LogP contribution in [-0.4, -0.2) is 69.6 Å². The van der Waals surface area contributed by atoms with Gasteiger partial charge in [-0.3, -0.25) is 0 Å². The van der Waals surface area contributed by atoms with Gasteiger partial charge in [0.15, 0.2) is 18.5 Å². The molecule has 0 N–H and O–H groups in total. The molecule has 0 amide bonds. The largest absolute Gasteiger partial charge is 0.453 e. The minimum atomic E-state index is -1.04. The Labute approximate surface area is 205 Å². The normalized spacial score (nSPS) is 23.7. The van der Waals surface area contributed by atoms with Crippen LogP contribution in [0.4, 0.5) is 0 Å². The third-order valence-electron chi connectivity index (χ3n) is 5.25. The van der Waals surface area contributed by atoms with Crippen molar-refractivity contribution in [2.75, 3.05) is 26.9 Å². The smallest absolute Gasteiger partial charge is 0.338 e. The number of benzene rings is 2. The van der Waals surface area contributed by atoms with Gasteiger partial charge in [0, 0.05) is 7.11 Å². The second-order valence-electron chi connectivity index (χ2n) is 7.66. The number of esters is 2. The van der Waals surface area contributed by atoms with E-state index in [1.54, 1.807) is 72.8 Å². The minimum absolute atomic E-state index is 0.0614. The Kier molecular flexibility index (Phi) is 10.2. The summed E-state index contributed by atoms with van der Waals surface area (Å²) in [4.78, 5) is 25.8. The molecule has 0 saturated carbocycles. The fourth-order valence-electron chi connectivity index (χ4n) is 3.64. The van der Waals surface area contributed by atoms with Crippen LogP contribution in [0, 0.1) is 0 Å². The number of hydrogen-bond acceptors (Lipinski definition) is 8. The van der Waals surface area contributed by atoms with Gasteiger partial charge in [-0.25, -0.2) is 9.59 Å². The maximum atomic E-state index is 13.0. The van der Waals surface area contributed by atoms with E-state index in [4.69, 9.17) is 28.4 Å². The average Bonchev–Trinajstić information content (AvgIpc) is 2.90. The Morgan fingerprint density at radius 2 is 1.37 bits per heavy atom. The molecule has 0 spiro atoms. The Bertz CT molecular complexity index is 962. The lowest BCUT2D eigenvalue weighted by Crippen LogP contribution is -2.62. The van der Waals surface area contributed by atoms with Gasteiger partial charge < -0.3 is 28.4 Å². The molecule has 186 valence electrons. The van der Waals surface area contributed by atoms with Crippen molar-refractivity contribution in [2.45, 2.75) is 30.7 Å². The molecule has 0 aromatic heterocycles. The molecular formula is C27H30O8. The highest BCUT2D eigenvalue weighted by molar-refractivity contribution is 5.90. The SMILES string of the molecule is C=CCOCC1O[C@H](OC)[C@H](OC(=O)c2ccccc2)C(OCC=C)[C@@H]1OC(=O)c1ccccc1. The number of ether oxygens (including phenoxy) is 6. The van der Waals surface area contributed by atoms with E-state index in [-0.39, 0.29) is 19.8 Å². The van der Waals surface area contributed by atoms with E-state index in [0.717, 1.165) is 0 Å². The van der Waals surface area contributed by atoms with Gasteiger partial charge >= 0.3 is 11.9 Å². The van der Waals surface area contributed by atoms with Crippen LogP contribution in [0.1, 0.15) is 20.7 Å². The summed E-state index contributed by atoms with van der Waals surface area (Å²) in [5.74, 6) is -1.17. The molecule has 1 aliphatic heterocycles. The molecule has 1 heterocycles. The van der Waals surface area contributed by atoms with E-state index in [1.165, 1.54) is 7.11 Å². The highest BCUT2D eigenvalue weighted by atomic mass is 16.7. The lowest BCUT2D eigenvalue weighted by atomic mass is 9.98. The van der Waals surface area contributed by atoms with E-state index in [0.29, 0.717) is 11.1 Å². The van der Waals surface area contributed by atoms with Crippen molar-refractivity contribution in [3.63, 3.8) is 0 Å². The van der Waals surface area contributed by atoms with Gasteiger partial charge in [0.05, 0.1) is 30.9 Å². The molecule has 1 saturated heterocycles. The highest BCUT2D eigenvalue weighted by Crippen LogP contribution is 2.30. The first kappa shape index (κ1) is 26.3. The molecule has 0 aliphatic carbocycles. The van der Waals surface area contributed by atoms with Gasteiger partial charge in [-0.2, -0.15) is 0 Å². The number of hydrogen-bond donors (Lipinski definition) is 0. The second-order valence-corrected chi connectivity index (χ2v) is 7.66. The maximum absolute atomic E-state index is 13.0. The van der Waals surface area contributed by atoms with Crippen molar-refractivity contribution in [1.29, 1.82) is 0 Å². The van der Waals surface area contributed by atoms with E-state index < -0.39 is 42.6 Å². The predicted octanol–water partition coefficient (Wildman–Crippen LogP) is 3.58. The maximum Gasteiger partial charge on any atom is 0.338 e. The van der Waals surface area contributed by atoms with E-state index in [2.05, 4.69) is 13.2 Å². The zero-order valence-corrected chi connectivity index (χ0v) is 19.6. The average molecular weight is 483 g/mol. The Hall–Kier alpha value is -3.30. The van der Waals surface area contributed by atoms with Gasteiger partial charge in [0.2, 0.25) is 0 Å². The Morgan fingerprint density at radius 1 is 0.829 bits per heavy atom. The Balaban J connectivity index is 1.91. The molecule has 2 aromatic rings. The number of carbonyl (C=O) groups excluding carboxylic acids is 2. The van der Waals surface area contributed by atoms with Crippen molar-refractivity contribution in [2.24, 2.45) is 0 Å². The van der Waals surface area contributed by atoms with E-state index in [1.807, 2.05) is 0 Å². The van der Waals surface area contributed by atoms with Crippen LogP contribution >= 0.6 is 0 Å². The molecule has 1 fully saturated rings. The summed E-state index contributed by atoms with van der Waals surface area (Å²) < 4.78 is 34.8. The van der Waals surface area contributed by atoms with Crippen molar-refractivity contribution < 1.29 is 38.0 Å². The summed E-state index contributed by atoms with van der Waals surface area (Å²) in [6.45, 7) is 7.77. The van der Waals surface area contributed by atoms with Crippen molar-refractivity contribution >= 4 is 11.9 Å². The standard InChI is InChI=1S/C27H30O8/c1-4-16-31-18-21-22(34-25(28)19-12-8-6-9-13-19)23(32-17-5-2)24(27(30-3)33-21)35-26(29)20-14-10-7-11-15-20/h4-15,21-24,27H,1-2,16-18H2,3H3/t21?,22-,23?,24-,27+/m1/s1. The fraction of sp³-hybridized carbons (Fsp3) is 0.333. The van der Waals surface area contributed by atoms with Gasteiger partial charge in [-0.05, 0) is 24.3 Å². The molecule has 8 nitrogen and oxygen atoms in total. The molecule has 3 rings (SSSR count). The van der Waals surface area contributed by atoms with Gasteiger partial charge in [-0.15, -0.1) is 13.2 Å². The Morgan fingerprint density at radius 3 is 1.89 bits per heavy atom. The molecule has 0 bridgehead atoms. The summed E-state index contributed by atoms with van der Waals surface area (Å²) in [6.07, 6.45) is -1.58. The first-order valence-corrected chi connectivity index (χ1v) is 11.2. The van der Waals surface area contributed by atoms with Crippen molar-refractivity contribution in [3.05, 3.63) is 97.1 Å². The molecule has 1 aliphatic rings. The first-order chi connectivity index (χ1) is 17.1. The van der Waals surface area contributed by atoms with Crippen molar-refractivity contribution in [3.8, 4) is 0 Å². The lowest BCUT2D eigenvalue weighted by molar-refractivity contribution is -0.299. The van der Waals surface area contributed by atoms with Gasteiger partial charge in [-0.1, -0.05) is 48.6 Å². The molecule has 2 unspecified atom stereocenters. The van der Waals surface area contributed by atoms with Gasteiger partial charge in [0.1, 0.15) is 12.2 Å². The monoisotopic (exact) mass is 482 g/mol. The zero-order chi connectivity index (χ0) is 25.0. The number of carbonyl (C=O) groups is 2. The van der Waals surface area contributed by atoms with Crippen LogP contribution < -0.4 is 0 Å². The molecule has 5 atom stereocenters. The van der Waals surface area contributed by atoms with E-state index >= 15 is 0 Å². The van der Waals surface area contributed by atoms with Crippen LogP contribution in [-0.2, 0) is 28.4 Å². The topological polar surface area (TPSA) is 89.5 Å². The first-order valence-electron chi connectivity index (χ1n) is 11.2. The van der Waals surface area contributed by atoms with Crippen LogP contribution in [0.3, 0.4) is 0 Å². The summed E-state index contributed by atoms with van der Waals surface area (Å²) in [5, 5.41) is 0. The van der Waals surface area contributed by atoms with Crippen LogP contribution in [0.15, 0.2) is 86.0 Å². The summed E-state index contributed by atoms with van der Waals surface area (Å²) in [5.41, 5.74) is 0.700. The minimum Gasteiger partial charge on any atom is -0.453 e. The van der Waals surface area contributed by atoms with E-state index in [9.17, 15) is 9.59 Å². The summed E-state index contributed by atoms with van der Waals surface area (Å²) in [6, 6.07) is 17.0. The summed E-state index contributed by atoms with van der Waals surface area (Å²) >= 11 is 0. The zero-order valence-electron chi connectivity index (χ0n) is 19.6. The molecular weight excluding hydrogens is 452 g/mol. The lowest BCUT2D eigenvalue weighted by Gasteiger charge is -2.44. The third kappa shape index (κ3) is 7.10. The van der Waals surface area contributed by atoms with Crippen LogP contribution in [0.5, 0.6) is 0 Å². The third-order valence-corrected chi connectivity index (χ3v) is 5.25. The van der Waals surface area contributed by atoms with Gasteiger partial charge in [0.25, 0.3) is 0 Å². The summed E-state index contributed by atoms with van der Waals surface area (Å²) in [7, 11) is 1.43. The van der Waals surface area contributed by atoms with Crippen LogP contribution in [0.2, 0.25) is 0 Å². The molecule has 0 radical (unpaired) electrons.